The van der Waals surface area contributed by atoms with Crippen LogP contribution >= 0.6 is 0 Å². The molecule has 1 aliphatic heterocycles. The number of nitrogens with zero attached hydrogens (tertiary/aromatic N) is 2. The van der Waals surface area contributed by atoms with Gasteiger partial charge in [-0.15, -0.1) is 0 Å². The summed E-state index contributed by atoms with van der Waals surface area (Å²) in [6, 6.07) is 8.49. The van der Waals surface area contributed by atoms with Gasteiger partial charge >= 0.3 is 0 Å². The molecule has 0 N–H and O–H groups in total. The predicted octanol–water partition coefficient (Wildman–Crippen LogP) is 5.48. The van der Waals surface area contributed by atoms with E-state index >= 15 is 0 Å². The fourth-order valence-corrected chi connectivity index (χ4v) is 6.27. The molecule has 0 bridgehead atoms. The average molecular weight is 349 g/mol. The van der Waals surface area contributed by atoms with Crippen LogP contribution in [0.2, 0.25) is 0 Å². The van der Waals surface area contributed by atoms with Crippen molar-refractivity contribution in [2.24, 2.45) is 11.8 Å². The topological polar surface area (TPSA) is 8.81 Å². The van der Waals surface area contributed by atoms with Gasteiger partial charge < -0.3 is 0 Å². The zero-order chi connectivity index (χ0) is 18.6. The SMILES string of the molecule is [2H]c1n2c(c(C)[n+]1-c1ccccc1C)C(C1CCCC1)(C1CCCC1)C=C2. The zero-order valence-corrected chi connectivity index (χ0v) is 16.2. The summed E-state index contributed by atoms with van der Waals surface area (Å²) >= 11 is 0. The summed E-state index contributed by atoms with van der Waals surface area (Å²) in [5, 5.41) is 0. The first-order valence-corrected chi connectivity index (χ1v) is 10.5. The van der Waals surface area contributed by atoms with Crippen LogP contribution in [-0.2, 0) is 5.41 Å². The second kappa shape index (κ2) is 6.11. The molecule has 0 unspecified atom stereocenters. The molecule has 0 amide bonds. The van der Waals surface area contributed by atoms with Gasteiger partial charge in [0, 0.05) is 6.92 Å². The first-order chi connectivity index (χ1) is 13.1. The number of hydrogen-bond acceptors (Lipinski definition) is 0. The van der Waals surface area contributed by atoms with Crippen molar-refractivity contribution in [3.63, 3.8) is 0 Å². The molecule has 2 heteroatoms. The number of hydrogen-bond donors (Lipinski definition) is 0. The minimum absolute atomic E-state index is 0.154. The first-order valence-electron chi connectivity index (χ1n) is 11.0. The number of imidazole rings is 1. The molecule has 1 aromatic carbocycles. The van der Waals surface area contributed by atoms with Gasteiger partial charge in [0.25, 0.3) is 6.30 Å². The van der Waals surface area contributed by atoms with Crippen LogP contribution in [0, 0.1) is 25.7 Å². The third-order valence-electron chi connectivity index (χ3n) is 7.45. The van der Waals surface area contributed by atoms with Gasteiger partial charge in [0.15, 0.2) is 7.06 Å². The maximum Gasteiger partial charge on any atom is 0.254 e. The van der Waals surface area contributed by atoms with Crippen LogP contribution in [0.25, 0.3) is 11.9 Å². The summed E-state index contributed by atoms with van der Waals surface area (Å²) in [7, 11) is 0. The lowest BCUT2D eigenvalue weighted by atomic mass is 9.63. The number of benzene rings is 1. The number of aromatic nitrogens is 2. The van der Waals surface area contributed by atoms with Gasteiger partial charge in [0.2, 0.25) is 0 Å². The minimum atomic E-state index is 0.154. The summed E-state index contributed by atoms with van der Waals surface area (Å²) in [5.74, 6) is 1.49. The lowest BCUT2D eigenvalue weighted by Crippen LogP contribution is -2.41. The van der Waals surface area contributed by atoms with E-state index in [2.05, 4.69) is 59.5 Å². The van der Waals surface area contributed by atoms with Gasteiger partial charge in [-0.2, -0.15) is 4.57 Å². The van der Waals surface area contributed by atoms with E-state index in [-0.39, 0.29) is 5.41 Å². The van der Waals surface area contributed by atoms with Crippen LogP contribution in [0.3, 0.4) is 0 Å². The molecule has 2 aromatic rings. The molecular formula is C24H31N2+. The summed E-state index contributed by atoms with van der Waals surface area (Å²) in [6.45, 7) is 4.41. The molecule has 136 valence electrons. The molecule has 3 aliphatic rings. The summed E-state index contributed by atoms with van der Waals surface area (Å²) in [5.41, 5.74) is 5.25. The van der Waals surface area contributed by atoms with Gasteiger partial charge in [-0.05, 0) is 62.1 Å². The summed E-state index contributed by atoms with van der Waals surface area (Å²) < 4.78 is 13.4. The Balaban J connectivity index is 1.73. The molecular weight excluding hydrogens is 316 g/mol. The number of rotatable bonds is 3. The molecule has 0 radical (unpaired) electrons. The van der Waals surface area contributed by atoms with E-state index in [1.54, 1.807) is 0 Å². The molecule has 2 nitrogen and oxygen atoms in total. The van der Waals surface area contributed by atoms with Gasteiger partial charge in [-0.25, -0.2) is 4.57 Å². The molecule has 5 rings (SSSR count). The van der Waals surface area contributed by atoms with Crippen molar-refractivity contribution in [2.75, 3.05) is 0 Å². The molecule has 0 spiro atoms. The highest BCUT2D eigenvalue weighted by Crippen LogP contribution is 2.55. The monoisotopic (exact) mass is 348 g/mol. The highest BCUT2D eigenvalue weighted by atomic mass is 15.2. The normalized spacial score (nSPS) is 22.9. The minimum Gasteiger partial charge on any atom is -0.205 e. The van der Waals surface area contributed by atoms with Crippen molar-refractivity contribution in [1.29, 1.82) is 0 Å². The fourth-order valence-electron chi connectivity index (χ4n) is 6.27. The molecule has 2 heterocycles. The van der Waals surface area contributed by atoms with Crippen molar-refractivity contribution in [2.45, 2.75) is 70.6 Å². The largest absolute Gasteiger partial charge is 0.254 e. The maximum absolute atomic E-state index is 8.98. The Morgan fingerprint density at radius 2 is 1.62 bits per heavy atom. The Bertz CT molecular complexity index is 879. The number of allylic oxidation sites excluding steroid dienone is 1. The third-order valence-corrected chi connectivity index (χ3v) is 7.45. The molecule has 0 saturated heterocycles. The van der Waals surface area contributed by atoms with Crippen molar-refractivity contribution >= 4 is 6.20 Å². The summed E-state index contributed by atoms with van der Waals surface area (Å²) in [6.07, 6.45) is 16.2. The van der Waals surface area contributed by atoms with Crippen LogP contribution < -0.4 is 4.57 Å². The average Bonchev–Trinajstić information content (AvgIpc) is 3.43. The van der Waals surface area contributed by atoms with Crippen molar-refractivity contribution in [3.8, 4) is 5.69 Å². The Labute approximate surface area is 159 Å². The smallest absolute Gasteiger partial charge is 0.205 e. The second-order valence-electron chi connectivity index (χ2n) is 8.74. The van der Waals surface area contributed by atoms with Gasteiger partial charge in [-0.1, -0.05) is 43.9 Å². The number of aryl methyl sites for hydroxylation is 1. The van der Waals surface area contributed by atoms with Crippen LogP contribution in [0.1, 0.15) is 69.7 Å². The van der Waals surface area contributed by atoms with E-state index < -0.39 is 0 Å². The quantitative estimate of drug-likeness (QED) is 0.649. The Morgan fingerprint density at radius 3 is 2.23 bits per heavy atom. The number of fused-ring (bicyclic) bond motifs is 1. The van der Waals surface area contributed by atoms with E-state index in [1.807, 2.05) is 0 Å². The van der Waals surface area contributed by atoms with E-state index in [4.69, 9.17) is 1.37 Å². The predicted molar refractivity (Wildman–Crippen MR) is 106 cm³/mol. The molecule has 1 aromatic heterocycles. The zero-order valence-electron chi connectivity index (χ0n) is 17.2. The highest BCUT2D eigenvalue weighted by molar-refractivity contribution is 5.49. The van der Waals surface area contributed by atoms with E-state index in [1.165, 1.54) is 68.3 Å². The van der Waals surface area contributed by atoms with Gasteiger partial charge in [0.05, 0.1) is 11.6 Å². The van der Waals surface area contributed by atoms with E-state index in [0.717, 1.165) is 17.5 Å². The molecule has 26 heavy (non-hydrogen) atoms. The fraction of sp³-hybridized carbons (Fsp3) is 0.542. The lowest BCUT2D eigenvalue weighted by Gasteiger charge is -2.38. The molecule has 2 saturated carbocycles. The Hall–Kier alpha value is -1.83. The lowest BCUT2D eigenvalue weighted by molar-refractivity contribution is -0.602. The van der Waals surface area contributed by atoms with Crippen molar-refractivity contribution < 1.29 is 5.94 Å². The maximum atomic E-state index is 8.98. The van der Waals surface area contributed by atoms with E-state index in [0.29, 0.717) is 6.30 Å². The molecule has 0 atom stereocenters. The molecule has 2 fully saturated rings. The van der Waals surface area contributed by atoms with Crippen LogP contribution in [0.5, 0.6) is 0 Å². The second-order valence-corrected chi connectivity index (χ2v) is 8.74. The first kappa shape index (κ1) is 15.2. The van der Waals surface area contributed by atoms with Crippen LogP contribution in [-0.4, -0.2) is 4.57 Å². The standard InChI is InChI=1S/C24H31N2/c1-18-9-3-8-14-22(18)26-17-25-16-15-24(23(25)19(26)2,20-10-4-5-11-20)21-12-6-7-13-21/h3,8-9,14-17,20-21H,4-7,10-13H2,1-2H3/q+1/i17D. The van der Waals surface area contributed by atoms with Crippen molar-refractivity contribution in [1.82, 2.24) is 4.57 Å². The van der Waals surface area contributed by atoms with Gasteiger partial charge in [0.1, 0.15) is 11.4 Å². The van der Waals surface area contributed by atoms with E-state index in [9.17, 15) is 0 Å². The molecule has 2 aliphatic carbocycles. The highest BCUT2D eigenvalue weighted by Gasteiger charge is 2.54. The third kappa shape index (κ3) is 2.20. The summed E-state index contributed by atoms with van der Waals surface area (Å²) in [4.78, 5) is 0. The van der Waals surface area contributed by atoms with Crippen LogP contribution in [0.15, 0.2) is 36.6 Å². The van der Waals surface area contributed by atoms with Crippen molar-refractivity contribution in [3.05, 3.63) is 53.6 Å². The van der Waals surface area contributed by atoms with Gasteiger partial charge in [-0.3, -0.25) is 0 Å². The van der Waals surface area contributed by atoms with Crippen LogP contribution in [0.4, 0.5) is 0 Å². The number of para-hydroxylation sites is 1. The Morgan fingerprint density at radius 1 is 1.00 bits per heavy atom. The Kier molecular flexibility index (Phi) is 3.58.